The number of anilines is 1. The highest BCUT2D eigenvalue weighted by molar-refractivity contribution is 5.74. The van der Waals surface area contributed by atoms with Crippen LogP contribution in [-0.2, 0) is 13.6 Å². The number of imidazole rings is 1. The van der Waals surface area contributed by atoms with Crippen LogP contribution in [0.3, 0.4) is 0 Å². The summed E-state index contributed by atoms with van der Waals surface area (Å²) in [7, 11) is 5.79. The van der Waals surface area contributed by atoms with Gasteiger partial charge in [-0.3, -0.25) is 0 Å². The van der Waals surface area contributed by atoms with Gasteiger partial charge in [-0.2, -0.15) is 0 Å². The van der Waals surface area contributed by atoms with Crippen LogP contribution in [0, 0.1) is 5.92 Å². The van der Waals surface area contributed by atoms with Crippen LogP contribution in [0.25, 0.3) is 0 Å². The van der Waals surface area contributed by atoms with Gasteiger partial charge in [0.1, 0.15) is 0 Å². The van der Waals surface area contributed by atoms with E-state index in [1.54, 1.807) is 6.20 Å². The SMILES string of the molecule is CN(C)c1ncc(CNC(=O)NC(C)(CO)C2CCCCC2)n1C. The molecule has 0 saturated heterocycles. The maximum Gasteiger partial charge on any atom is 0.315 e. The summed E-state index contributed by atoms with van der Waals surface area (Å²) in [6.07, 6.45) is 7.48. The second-order valence-electron chi connectivity index (χ2n) is 7.22. The fourth-order valence-corrected chi connectivity index (χ4v) is 3.50. The number of carbonyl (C=O) groups excluding carboxylic acids is 1. The molecule has 1 aromatic rings. The second kappa shape index (κ2) is 7.88. The predicted molar refractivity (Wildman–Crippen MR) is 95.0 cm³/mol. The molecule has 0 spiro atoms. The molecule has 1 aliphatic carbocycles. The summed E-state index contributed by atoms with van der Waals surface area (Å²) in [6, 6.07) is -0.246. The van der Waals surface area contributed by atoms with Crippen LogP contribution < -0.4 is 15.5 Å². The molecule has 1 aromatic heterocycles. The topological polar surface area (TPSA) is 82.4 Å². The fraction of sp³-hybridized carbons (Fsp3) is 0.765. The monoisotopic (exact) mass is 337 g/mol. The summed E-state index contributed by atoms with van der Waals surface area (Å²) >= 11 is 0. The lowest BCUT2D eigenvalue weighted by Gasteiger charge is -2.39. The van der Waals surface area contributed by atoms with Crippen molar-refractivity contribution in [3.8, 4) is 0 Å². The molecule has 1 aliphatic rings. The van der Waals surface area contributed by atoms with Gasteiger partial charge in [0.2, 0.25) is 5.95 Å². The summed E-state index contributed by atoms with van der Waals surface area (Å²) in [6.45, 7) is 2.30. The predicted octanol–water partition coefficient (Wildman–Crippen LogP) is 1.62. The maximum atomic E-state index is 12.3. The quantitative estimate of drug-likeness (QED) is 0.737. The Hall–Kier alpha value is -1.76. The van der Waals surface area contributed by atoms with E-state index in [0.717, 1.165) is 24.5 Å². The van der Waals surface area contributed by atoms with E-state index >= 15 is 0 Å². The minimum atomic E-state index is -0.564. The highest BCUT2D eigenvalue weighted by atomic mass is 16.3. The molecule has 3 N–H and O–H groups in total. The molecule has 2 amide bonds. The Morgan fingerprint density at radius 3 is 2.62 bits per heavy atom. The Morgan fingerprint density at radius 1 is 1.42 bits per heavy atom. The average Bonchev–Trinajstić information content (AvgIpc) is 2.94. The van der Waals surface area contributed by atoms with Crippen LogP contribution in [0.2, 0.25) is 0 Å². The average molecular weight is 337 g/mol. The van der Waals surface area contributed by atoms with E-state index in [1.165, 1.54) is 19.3 Å². The largest absolute Gasteiger partial charge is 0.394 e. The number of nitrogens with one attached hydrogen (secondary N) is 2. The second-order valence-corrected chi connectivity index (χ2v) is 7.22. The molecular weight excluding hydrogens is 306 g/mol. The van der Waals surface area contributed by atoms with E-state index in [-0.39, 0.29) is 12.6 Å². The van der Waals surface area contributed by atoms with E-state index in [4.69, 9.17) is 0 Å². The number of rotatable bonds is 6. The molecule has 2 rings (SSSR count). The lowest BCUT2D eigenvalue weighted by molar-refractivity contribution is 0.101. The van der Waals surface area contributed by atoms with Crippen LogP contribution in [-0.4, -0.2) is 46.9 Å². The van der Waals surface area contributed by atoms with Crippen LogP contribution in [0.4, 0.5) is 10.7 Å². The van der Waals surface area contributed by atoms with Crippen LogP contribution in [0.1, 0.15) is 44.7 Å². The third kappa shape index (κ3) is 4.20. The molecule has 1 saturated carbocycles. The number of amides is 2. The van der Waals surface area contributed by atoms with Crippen molar-refractivity contribution in [2.75, 3.05) is 25.6 Å². The molecule has 0 aliphatic heterocycles. The Bertz CT molecular complexity index is 551. The molecule has 0 radical (unpaired) electrons. The first kappa shape index (κ1) is 18.6. The normalized spacial score (nSPS) is 18.0. The van der Waals surface area contributed by atoms with E-state index in [9.17, 15) is 9.90 Å². The zero-order chi connectivity index (χ0) is 17.7. The number of aliphatic hydroxyl groups is 1. The van der Waals surface area contributed by atoms with E-state index < -0.39 is 5.54 Å². The van der Waals surface area contributed by atoms with E-state index in [1.807, 2.05) is 37.5 Å². The van der Waals surface area contributed by atoms with Crippen molar-refractivity contribution < 1.29 is 9.90 Å². The van der Waals surface area contributed by atoms with Gasteiger partial charge >= 0.3 is 6.03 Å². The summed E-state index contributed by atoms with van der Waals surface area (Å²) < 4.78 is 1.95. The zero-order valence-corrected chi connectivity index (χ0v) is 15.3. The Kier molecular flexibility index (Phi) is 6.10. The van der Waals surface area contributed by atoms with Crippen molar-refractivity contribution in [3.05, 3.63) is 11.9 Å². The van der Waals surface area contributed by atoms with Crippen molar-refractivity contribution in [2.24, 2.45) is 13.0 Å². The summed E-state index contributed by atoms with van der Waals surface area (Å²) in [5.41, 5.74) is 0.364. The first-order chi connectivity index (χ1) is 11.4. The minimum Gasteiger partial charge on any atom is -0.394 e. The van der Waals surface area contributed by atoms with Gasteiger partial charge in [0, 0.05) is 21.1 Å². The van der Waals surface area contributed by atoms with Crippen molar-refractivity contribution in [1.29, 1.82) is 0 Å². The van der Waals surface area contributed by atoms with Crippen LogP contribution in [0.5, 0.6) is 0 Å². The molecule has 7 heteroatoms. The summed E-state index contributed by atoms with van der Waals surface area (Å²) in [5, 5.41) is 15.7. The summed E-state index contributed by atoms with van der Waals surface area (Å²) in [5.74, 6) is 1.17. The van der Waals surface area contributed by atoms with Crippen molar-refractivity contribution in [1.82, 2.24) is 20.2 Å². The zero-order valence-electron chi connectivity index (χ0n) is 15.3. The van der Waals surface area contributed by atoms with Crippen LogP contribution in [0.15, 0.2) is 6.20 Å². The molecular formula is C17H31N5O2. The molecule has 1 unspecified atom stereocenters. The van der Waals surface area contributed by atoms with E-state index in [0.29, 0.717) is 12.5 Å². The van der Waals surface area contributed by atoms with Crippen LogP contribution >= 0.6 is 0 Å². The lowest BCUT2D eigenvalue weighted by atomic mass is 9.76. The molecule has 136 valence electrons. The smallest absolute Gasteiger partial charge is 0.315 e. The molecule has 0 bridgehead atoms. The molecule has 7 nitrogen and oxygen atoms in total. The minimum absolute atomic E-state index is 0.0401. The van der Waals surface area contributed by atoms with Gasteiger partial charge in [-0.15, -0.1) is 0 Å². The van der Waals surface area contributed by atoms with Crippen molar-refractivity contribution in [2.45, 2.75) is 51.1 Å². The number of aliphatic hydroxyl groups excluding tert-OH is 1. The van der Waals surface area contributed by atoms with Gasteiger partial charge in [-0.25, -0.2) is 9.78 Å². The first-order valence-corrected chi connectivity index (χ1v) is 8.72. The molecule has 1 fully saturated rings. The van der Waals surface area contributed by atoms with Crippen molar-refractivity contribution >= 4 is 12.0 Å². The highest BCUT2D eigenvalue weighted by Crippen LogP contribution is 2.32. The highest BCUT2D eigenvalue weighted by Gasteiger charge is 2.35. The third-order valence-electron chi connectivity index (χ3n) is 5.12. The standard InChI is InChI=1S/C17H31N5O2/c1-17(12-23,13-8-6-5-7-9-13)20-15(24)18-10-14-11-19-16(21(2)3)22(14)4/h11,13,23H,5-10,12H2,1-4H3,(H2,18,20,24). The number of carbonyl (C=O) groups is 1. The summed E-state index contributed by atoms with van der Waals surface area (Å²) in [4.78, 5) is 18.6. The third-order valence-corrected chi connectivity index (χ3v) is 5.12. The number of hydrogen-bond acceptors (Lipinski definition) is 4. The van der Waals surface area contributed by atoms with E-state index in [2.05, 4.69) is 15.6 Å². The first-order valence-electron chi connectivity index (χ1n) is 8.72. The van der Waals surface area contributed by atoms with Gasteiger partial charge in [0.15, 0.2) is 0 Å². The van der Waals surface area contributed by atoms with Gasteiger partial charge in [0.25, 0.3) is 0 Å². The Balaban J connectivity index is 1.92. The van der Waals surface area contributed by atoms with Gasteiger partial charge in [0.05, 0.1) is 30.6 Å². The van der Waals surface area contributed by atoms with Gasteiger partial charge in [-0.1, -0.05) is 19.3 Å². The fourth-order valence-electron chi connectivity index (χ4n) is 3.50. The number of hydrogen-bond donors (Lipinski definition) is 3. The molecule has 24 heavy (non-hydrogen) atoms. The number of urea groups is 1. The lowest BCUT2D eigenvalue weighted by Crippen LogP contribution is -2.57. The molecule has 1 atom stereocenters. The van der Waals surface area contributed by atoms with Crippen molar-refractivity contribution in [3.63, 3.8) is 0 Å². The Labute approximate surface area is 144 Å². The molecule has 0 aromatic carbocycles. The number of aromatic nitrogens is 2. The number of nitrogens with zero attached hydrogens (tertiary/aromatic N) is 3. The maximum absolute atomic E-state index is 12.3. The molecule has 1 heterocycles. The van der Waals surface area contributed by atoms with Gasteiger partial charge < -0.3 is 25.2 Å². The van der Waals surface area contributed by atoms with Gasteiger partial charge in [-0.05, 0) is 25.7 Å². The Morgan fingerprint density at radius 2 is 2.08 bits per heavy atom.